The van der Waals surface area contributed by atoms with Gasteiger partial charge < -0.3 is 5.32 Å². The van der Waals surface area contributed by atoms with E-state index in [0.29, 0.717) is 0 Å². The Morgan fingerprint density at radius 3 is 3.14 bits per heavy atom. The predicted octanol–water partition coefficient (Wildman–Crippen LogP) is 3.38. The molecule has 1 N–H and O–H groups in total. The summed E-state index contributed by atoms with van der Waals surface area (Å²) in [6.07, 6.45) is 5.48. The fraction of sp³-hybridized carbons (Fsp3) is 0.667. The van der Waals surface area contributed by atoms with E-state index < -0.39 is 0 Å². The average Bonchev–Trinajstić information content (AvgIpc) is 2.71. The first-order chi connectivity index (χ1) is 6.90. The van der Waals surface area contributed by atoms with Crippen LogP contribution < -0.4 is 5.32 Å². The van der Waals surface area contributed by atoms with E-state index in [0.717, 1.165) is 18.5 Å². The Hall–Kier alpha value is -0.340. The Morgan fingerprint density at radius 1 is 1.50 bits per heavy atom. The smallest absolute Gasteiger partial charge is 0.00727 e. The van der Waals surface area contributed by atoms with Crippen LogP contribution in [-0.4, -0.2) is 12.6 Å². The second kappa shape index (κ2) is 4.94. The fourth-order valence-electron chi connectivity index (χ4n) is 2.47. The Balaban J connectivity index is 1.94. The standard InChI is InChI=1S/C12H19NS/c1-2-13-12-5-3-4-10(8-12)11-6-7-14-9-11/h6-7,9-10,12-13H,2-5,8H2,1H3. The SMILES string of the molecule is CCNC1CCCC(c2ccsc2)C1. The molecule has 0 radical (unpaired) electrons. The molecule has 1 fully saturated rings. The summed E-state index contributed by atoms with van der Waals surface area (Å²) in [5, 5.41) is 8.10. The summed E-state index contributed by atoms with van der Waals surface area (Å²) in [4.78, 5) is 0. The molecule has 2 atom stereocenters. The molecule has 2 unspecified atom stereocenters. The van der Waals surface area contributed by atoms with Crippen molar-refractivity contribution < 1.29 is 0 Å². The largest absolute Gasteiger partial charge is 0.314 e. The first-order valence-corrected chi connectivity index (χ1v) is 6.60. The van der Waals surface area contributed by atoms with Gasteiger partial charge in [-0.1, -0.05) is 13.3 Å². The third-order valence-electron chi connectivity index (χ3n) is 3.18. The van der Waals surface area contributed by atoms with E-state index in [1.807, 2.05) is 11.3 Å². The first-order valence-electron chi connectivity index (χ1n) is 5.65. The highest BCUT2D eigenvalue weighted by molar-refractivity contribution is 7.07. The van der Waals surface area contributed by atoms with Crippen molar-refractivity contribution >= 4 is 11.3 Å². The number of rotatable bonds is 3. The highest BCUT2D eigenvalue weighted by Crippen LogP contribution is 2.33. The van der Waals surface area contributed by atoms with Crippen LogP contribution in [-0.2, 0) is 0 Å². The van der Waals surface area contributed by atoms with Crippen LogP contribution in [0.1, 0.15) is 44.1 Å². The minimum absolute atomic E-state index is 0.763. The zero-order valence-electron chi connectivity index (χ0n) is 8.83. The van der Waals surface area contributed by atoms with Gasteiger partial charge in [0, 0.05) is 6.04 Å². The van der Waals surface area contributed by atoms with Crippen LogP contribution in [0.2, 0.25) is 0 Å². The van der Waals surface area contributed by atoms with Crippen molar-refractivity contribution in [3.8, 4) is 0 Å². The maximum atomic E-state index is 3.58. The van der Waals surface area contributed by atoms with Gasteiger partial charge >= 0.3 is 0 Å². The maximum Gasteiger partial charge on any atom is 0.00727 e. The van der Waals surface area contributed by atoms with Gasteiger partial charge in [-0.25, -0.2) is 0 Å². The lowest BCUT2D eigenvalue weighted by molar-refractivity contribution is 0.345. The third-order valence-corrected chi connectivity index (χ3v) is 3.88. The second-order valence-corrected chi connectivity index (χ2v) is 4.95. The zero-order chi connectivity index (χ0) is 9.80. The molecule has 1 aromatic heterocycles. The molecule has 0 bridgehead atoms. The number of nitrogens with one attached hydrogen (secondary N) is 1. The van der Waals surface area contributed by atoms with E-state index in [1.165, 1.54) is 25.7 Å². The summed E-state index contributed by atoms with van der Waals surface area (Å²) in [5.41, 5.74) is 1.57. The molecule has 0 saturated heterocycles. The normalized spacial score (nSPS) is 27.8. The molecule has 2 rings (SSSR count). The van der Waals surface area contributed by atoms with E-state index in [-0.39, 0.29) is 0 Å². The van der Waals surface area contributed by atoms with Crippen molar-refractivity contribution in [2.75, 3.05) is 6.54 Å². The monoisotopic (exact) mass is 209 g/mol. The van der Waals surface area contributed by atoms with Crippen LogP contribution in [0.15, 0.2) is 16.8 Å². The lowest BCUT2D eigenvalue weighted by atomic mass is 9.82. The van der Waals surface area contributed by atoms with Gasteiger partial charge in [0.2, 0.25) is 0 Å². The minimum atomic E-state index is 0.763. The molecule has 1 nitrogen and oxygen atoms in total. The van der Waals surface area contributed by atoms with Crippen LogP contribution in [0, 0.1) is 0 Å². The van der Waals surface area contributed by atoms with Crippen molar-refractivity contribution in [3.63, 3.8) is 0 Å². The Labute approximate surface area is 90.5 Å². The summed E-state index contributed by atoms with van der Waals surface area (Å²) in [6, 6.07) is 3.06. The van der Waals surface area contributed by atoms with Crippen molar-refractivity contribution in [3.05, 3.63) is 22.4 Å². The van der Waals surface area contributed by atoms with Gasteiger partial charge in [-0.3, -0.25) is 0 Å². The van der Waals surface area contributed by atoms with E-state index in [9.17, 15) is 0 Å². The summed E-state index contributed by atoms with van der Waals surface area (Å²) in [5.74, 6) is 0.819. The number of hydrogen-bond donors (Lipinski definition) is 1. The summed E-state index contributed by atoms with van der Waals surface area (Å²) >= 11 is 1.83. The Kier molecular flexibility index (Phi) is 3.60. The van der Waals surface area contributed by atoms with Crippen molar-refractivity contribution in [2.24, 2.45) is 0 Å². The highest BCUT2D eigenvalue weighted by Gasteiger charge is 2.22. The lowest BCUT2D eigenvalue weighted by Gasteiger charge is -2.29. The fourth-order valence-corrected chi connectivity index (χ4v) is 3.22. The van der Waals surface area contributed by atoms with E-state index in [4.69, 9.17) is 0 Å². The van der Waals surface area contributed by atoms with Crippen molar-refractivity contribution in [1.82, 2.24) is 5.32 Å². The van der Waals surface area contributed by atoms with Crippen LogP contribution in [0.3, 0.4) is 0 Å². The molecule has 1 saturated carbocycles. The van der Waals surface area contributed by atoms with E-state index in [1.54, 1.807) is 5.56 Å². The van der Waals surface area contributed by atoms with Crippen molar-refractivity contribution in [2.45, 2.75) is 44.6 Å². The minimum Gasteiger partial charge on any atom is -0.314 e. The van der Waals surface area contributed by atoms with Gasteiger partial charge in [-0.05, 0) is 54.1 Å². The molecule has 1 heterocycles. The molecule has 1 aromatic rings. The van der Waals surface area contributed by atoms with Gasteiger partial charge in [0.1, 0.15) is 0 Å². The van der Waals surface area contributed by atoms with Gasteiger partial charge in [0.25, 0.3) is 0 Å². The lowest BCUT2D eigenvalue weighted by Crippen LogP contribution is -2.33. The average molecular weight is 209 g/mol. The summed E-state index contributed by atoms with van der Waals surface area (Å²) in [7, 11) is 0. The molecule has 78 valence electrons. The third kappa shape index (κ3) is 2.37. The molecular formula is C12H19NS. The molecule has 0 aromatic carbocycles. The van der Waals surface area contributed by atoms with Crippen LogP contribution >= 0.6 is 11.3 Å². The predicted molar refractivity (Wildman–Crippen MR) is 63.0 cm³/mol. The Morgan fingerprint density at radius 2 is 2.43 bits per heavy atom. The van der Waals surface area contributed by atoms with E-state index in [2.05, 4.69) is 29.1 Å². The molecule has 2 heteroatoms. The van der Waals surface area contributed by atoms with Gasteiger partial charge in [-0.15, -0.1) is 0 Å². The summed E-state index contributed by atoms with van der Waals surface area (Å²) in [6.45, 7) is 3.31. The quantitative estimate of drug-likeness (QED) is 0.804. The van der Waals surface area contributed by atoms with Crippen LogP contribution in [0.4, 0.5) is 0 Å². The zero-order valence-corrected chi connectivity index (χ0v) is 9.65. The summed E-state index contributed by atoms with van der Waals surface area (Å²) < 4.78 is 0. The maximum absolute atomic E-state index is 3.58. The highest BCUT2D eigenvalue weighted by atomic mass is 32.1. The van der Waals surface area contributed by atoms with Gasteiger partial charge in [-0.2, -0.15) is 11.3 Å². The molecule has 1 aliphatic rings. The van der Waals surface area contributed by atoms with Gasteiger partial charge in [0.15, 0.2) is 0 Å². The first kappa shape index (κ1) is 10.2. The van der Waals surface area contributed by atoms with Crippen LogP contribution in [0.5, 0.6) is 0 Å². The van der Waals surface area contributed by atoms with Crippen LogP contribution in [0.25, 0.3) is 0 Å². The van der Waals surface area contributed by atoms with Crippen molar-refractivity contribution in [1.29, 1.82) is 0 Å². The Bertz CT molecular complexity index is 253. The number of hydrogen-bond acceptors (Lipinski definition) is 2. The van der Waals surface area contributed by atoms with E-state index >= 15 is 0 Å². The molecule has 0 aliphatic heterocycles. The molecule has 0 amide bonds. The molecule has 14 heavy (non-hydrogen) atoms. The number of thiophene rings is 1. The molecule has 0 spiro atoms. The molecular weight excluding hydrogens is 190 g/mol. The topological polar surface area (TPSA) is 12.0 Å². The van der Waals surface area contributed by atoms with Gasteiger partial charge in [0.05, 0.1) is 0 Å². The second-order valence-electron chi connectivity index (χ2n) is 4.17. The molecule has 1 aliphatic carbocycles.